The number of carbonyl (C=O) groups excluding carboxylic acids is 2. The van der Waals surface area contributed by atoms with E-state index in [9.17, 15) is 9.59 Å². The molecule has 0 fully saturated rings. The van der Waals surface area contributed by atoms with Crippen LogP contribution < -0.4 is 4.90 Å². The molecule has 0 radical (unpaired) electrons. The summed E-state index contributed by atoms with van der Waals surface area (Å²) in [5.41, 5.74) is -0.00920. The Labute approximate surface area is 173 Å². The lowest BCUT2D eigenvalue weighted by molar-refractivity contribution is -0.142. The van der Waals surface area contributed by atoms with Gasteiger partial charge in [-0.1, -0.05) is 53.5 Å². The lowest BCUT2D eigenvalue weighted by Gasteiger charge is -2.30. The number of carbonyl (C=O) groups is 2. The Morgan fingerprint density at radius 1 is 1.11 bits per heavy atom. The second-order valence-electron chi connectivity index (χ2n) is 6.89. The molecule has 0 saturated carbocycles. The maximum atomic E-state index is 13.0. The van der Waals surface area contributed by atoms with Crippen molar-refractivity contribution < 1.29 is 19.1 Å². The Bertz CT molecular complexity index is 821. The largest absolute Gasteiger partial charge is 0.467 e. The van der Waals surface area contributed by atoms with Crippen molar-refractivity contribution in [1.29, 1.82) is 0 Å². The molecule has 2 rings (SSSR count). The molecular weight excluding hydrogens is 405 g/mol. The molecule has 0 aliphatic rings. The average molecular weight is 426 g/mol. The van der Waals surface area contributed by atoms with Crippen LogP contribution >= 0.6 is 23.2 Å². The summed E-state index contributed by atoms with van der Waals surface area (Å²) >= 11 is 12.0. The molecule has 1 aromatic carbocycles. The maximum absolute atomic E-state index is 13.0. The van der Waals surface area contributed by atoms with Crippen molar-refractivity contribution >= 4 is 41.2 Å². The zero-order chi connectivity index (χ0) is 20.9. The van der Waals surface area contributed by atoms with Gasteiger partial charge in [0.05, 0.1) is 7.11 Å². The number of esters is 1. The molecule has 2 aromatic rings. The van der Waals surface area contributed by atoms with Gasteiger partial charge in [0.2, 0.25) is 5.95 Å². The van der Waals surface area contributed by atoms with Crippen molar-refractivity contribution in [2.24, 2.45) is 0 Å². The minimum absolute atomic E-state index is 0.0203. The van der Waals surface area contributed by atoms with Crippen molar-refractivity contribution in [2.45, 2.75) is 38.8 Å². The molecule has 7 nitrogen and oxygen atoms in total. The van der Waals surface area contributed by atoms with Crippen LogP contribution in [0, 0.1) is 0 Å². The normalized spacial score (nSPS) is 12.2. The third-order valence-corrected chi connectivity index (χ3v) is 3.90. The molecule has 0 bridgehead atoms. The predicted octanol–water partition coefficient (Wildman–Crippen LogP) is 4.31. The van der Waals surface area contributed by atoms with Gasteiger partial charge < -0.3 is 9.47 Å². The van der Waals surface area contributed by atoms with Crippen molar-refractivity contribution in [1.82, 2.24) is 9.97 Å². The summed E-state index contributed by atoms with van der Waals surface area (Å²) in [6.45, 7) is 5.12. The van der Waals surface area contributed by atoms with Crippen molar-refractivity contribution in [3.8, 4) is 0 Å². The van der Waals surface area contributed by atoms with Gasteiger partial charge in [0.25, 0.3) is 0 Å². The van der Waals surface area contributed by atoms with Crippen LogP contribution in [0.15, 0.2) is 36.4 Å². The van der Waals surface area contributed by atoms with Gasteiger partial charge in [-0.2, -0.15) is 0 Å². The Hall–Kier alpha value is -2.38. The molecule has 0 spiro atoms. The van der Waals surface area contributed by atoms with Gasteiger partial charge >= 0.3 is 12.1 Å². The number of amides is 1. The molecular formula is C19H21Cl2N3O4. The van der Waals surface area contributed by atoms with Gasteiger partial charge in [-0.3, -0.25) is 0 Å². The summed E-state index contributed by atoms with van der Waals surface area (Å²) in [5.74, 6) is -0.813. The molecule has 1 atom stereocenters. The van der Waals surface area contributed by atoms with E-state index >= 15 is 0 Å². The molecule has 28 heavy (non-hydrogen) atoms. The van der Waals surface area contributed by atoms with Crippen LogP contribution in [0.2, 0.25) is 10.3 Å². The molecule has 0 unspecified atom stereocenters. The van der Waals surface area contributed by atoms with Gasteiger partial charge in [0, 0.05) is 12.5 Å². The van der Waals surface area contributed by atoms with E-state index in [1.807, 2.05) is 30.3 Å². The second kappa shape index (κ2) is 9.21. The highest BCUT2D eigenvalue weighted by molar-refractivity contribution is 6.33. The number of methoxy groups -OCH3 is 1. The fraction of sp³-hybridized carbons (Fsp3) is 0.368. The Balaban J connectivity index is 2.54. The molecule has 0 aliphatic heterocycles. The van der Waals surface area contributed by atoms with E-state index in [0.29, 0.717) is 0 Å². The molecule has 1 aromatic heterocycles. The lowest BCUT2D eigenvalue weighted by Crippen LogP contribution is -2.50. The fourth-order valence-electron chi connectivity index (χ4n) is 2.40. The van der Waals surface area contributed by atoms with E-state index in [1.54, 1.807) is 20.8 Å². The first kappa shape index (κ1) is 21.9. The highest BCUT2D eigenvalue weighted by Crippen LogP contribution is 2.24. The number of hydrogen-bond acceptors (Lipinski definition) is 6. The van der Waals surface area contributed by atoms with Crippen LogP contribution in [-0.2, 0) is 20.7 Å². The summed E-state index contributed by atoms with van der Waals surface area (Å²) in [6, 6.07) is 9.40. The molecule has 1 heterocycles. The molecule has 1 amide bonds. The van der Waals surface area contributed by atoms with Gasteiger partial charge in [-0.05, 0) is 26.3 Å². The highest BCUT2D eigenvalue weighted by atomic mass is 35.5. The van der Waals surface area contributed by atoms with E-state index in [2.05, 4.69) is 9.97 Å². The Kier molecular flexibility index (Phi) is 7.21. The lowest BCUT2D eigenvalue weighted by atomic mass is 10.1. The van der Waals surface area contributed by atoms with Crippen molar-refractivity contribution in [3.05, 3.63) is 52.3 Å². The minimum Gasteiger partial charge on any atom is -0.467 e. The maximum Gasteiger partial charge on any atom is 0.418 e. The first-order valence-corrected chi connectivity index (χ1v) is 9.20. The zero-order valence-electron chi connectivity index (χ0n) is 16.0. The summed E-state index contributed by atoms with van der Waals surface area (Å²) in [6.07, 6.45) is -0.669. The summed E-state index contributed by atoms with van der Waals surface area (Å²) in [5, 5.41) is 0.0405. The summed E-state index contributed by atoms with van der Waals surface area (Å²) < 4.78 is 10.4. The smallest absolute Gasteiger partial charge is 0.418 e. The number of halogens is 2. The molecule has 150 valence electrons. The number of rotatable bonds is 5. The Morgan fingerprint density at radius 2 is 1.68 bits per heavy atom. The molecule has 9 heteroatoms. The molecule has 0 N–H and O–H groups in total. The van der Waals surface area contributed by atoms with Crippen LogP contribution in [0.5, 0.6) is 0 Å². The third kappa shape index (κ3) is 6.07. The van der Waals surface area contributed by atoms with Crippen LogP contribution in [0.3, 0.4) is 0 Å². The van der Waals surface area contributed by atoms with Crippen LogP contribution in [0.1, 0.15) is 26.3 Å². The number of benzene rings is 1. The predicted molar refractivity (Wildman–Crippen MR) is 107 cm³/mol. The number of ether oxygens (including phenoxy) is 2. The quantitative estimate of drug-likeness (QED) is 0.524. The zero-order valence-corrected chi connectivity index (χ0v) is 17.5. The molecule has 0 aliphatic carbocycles. The van der Waals surface area contributed by atoms with Gasteiger partial charge in [0.15, 0.2) is 0 Å². The van der Waals surface area contributed by atoms with Gasteiger partial charge in [-0.15, -0.1) is 0 Å². The number of nitrogens with zero attached hydrogens (tertiary/aromatic N) is 3. The van der Waals surface area contributed by atoms with E-state index in [-0.39, 0.29) is 22.7 Å². The SMILES string of the molecule is COC(=O)[C@H](Cc1ccccc1)N(C(=O)OC(C)(C)C)c1nc(Cl)cc(Cl)n1. The molecule has 0 saturated heterocycles. The van der Waals surface area contributed by atoms with Crippen LogP contribution in [0.25, 0.3) is 0 Å². The highest BCUT2D eigenvalue weighted by Gasteiger charge is 2.37. The topological polar surface area (TPSA) is 81.6 Å². The minimum atomic E-state index is -1.09. The van der Waals surface area contributed by atoms with E-state index in [4.69, 9.17) is 32.7 Å². The van der Waals surface area contributed by atoms with E-state index < -0.39 is 23.7 Å². The number of anilines is 1. The summed E-state index contributed by atoms with van der Waals surface area (Å²) in [7, 11) is 1.24. The van der Waals surface area contributed by atoms with E-state index in [0.717, 1.165) is 10.5 Å². The van der Waals surface area contributed by atoms with Gasteiger partial charge in [-0.25, -0.2) is 24.5 Å². The second-order valence-corrected chi connectivity index (χ2v) is 7.67. The average Bonchev–Trinajstić information content (AvgIpc) is 2.59. The van der Waals surface area contributed by atoms with Crippen LogP contribution in [-0.4, -0.2) is 40.8 Å². The standard InChI is InChI=1S/C19H21Cl2N3O4/c1-19(2,3)28-18(26)24(17-22-14(20)11-15(21)23-17)13(16(25)27-4)10-12-8-6-5-7-9-12/h5-9,11,13H,10H2,1-4H3/t13-/m0/s1. The summed E-state index contributed by atoms with van der Waals surface area (Å²) in [4.78, 5) is 34.7. The number of aromatic nitrogens is 2. The van der Waals surface area contributed by atoms with Crippen molar-refractivity contribution in [3.63, 3.8) is 0 Å². The first-order chi connectivity index (χ1) is 13.1. The number of hydrogen-bond donors (Lipinski definition) is 0. The van der Waals surface area contributed by atoms with E-state index in [1.165, 1.54) is 13.2 Å². The first-order valence-electron chi connectivity index (χ1n) is 8.45. The van der Waals surface area contributed by atoms with Crippen molar-refractivity contribution in [2.75, 3.05) is 12.0 Å². The fourth-order valence-corrected chi connectivity index (χ4v) is 2.81. The third-order valence-electron chi connectivity index (χ3n) is 3.51. The Morgan fingerprint density at radius 3 is 2.18 bits per heavy atom. The van der Waals surface area contributed by atoms with Crippen LogP contribution in [0.4, 0.5) is 10.7 Å². The van der Waals surface area contributed by atoms with Gasteiger partial charge in [0.1, 0.15) is 21.9 Å². The monoisotopic (exact) mass is 425 g/mol.